The van der Waals surface area contributed by atoms with Crippen LogP contribution in [0, 0.1) is 5.92 Å². The average molecular weight is 279 g/mol. The molecule has 1 aromatic carbocycles. The van der Waals surface area contributed by atoms with Crippen LogP contribution >= 0.6 is 0 Å². The van der Waals surface area contributed by atoms with Crippen molar-refractivity contribution in [1.82, 2.24) is 5.32 Å². The molecule has 0 aliphatic heterocycles. The summed E-state index contributed by atoms with van der Waals surface area (Å²) < 4.78 is 11.2. The fourth-order valence-corrected chi connectivity index (χ4v) is 3.96. The minimum Gasteiger partial charge on any atom is -0.311 e. The Kier molecular flexibility index (Phi) is 5.59. The highest BCUT2D eigenvalue weighted by molar-refractivity contribution is 7.84. The van der Waals surface area contributed by atoms with Crippen molar-refractivity contribution in [3.05, 3.63) is 35.9 Å². The smallest absolute Gasteiger partial charge is 0.0383 e. The summed E-state index contributed by atoms with van der Waals surface area (Å²) in [5.41, 5.74) is 1.45. The SMILES string of the molecule is C[C@H](C[S@](C)=O)N[C@@H]1CC[C@@H](Cc2ccccc2)C1. The Morgan fingerprint density at radius 2 is 2.05 bits per heavy atom. The molecule has 0 bridgehead atoms. The van der Waals surface area contributed by atoms with Crippen molar-refractivity contribution in [3.63, 3.8) is 0 Å². The third-order valence-electron chi connectivity index (χ3n) is 3.91. The summed E-state index contributed by atoms with van der Waals surface area (Å²) in [5.74, 6) is 1.57. The van der Waals surface area contributed by atoms with Crippen LogP contribution in [0.4, 0.5) is 0 Å². The van der Waals surface area contributed by atoms with Gasteiger partial charge in [-0.1, -0.05) is 30.3 Å². The standard InChI is InChI=1S/C16H25NOS/c1-13(12-19(2)18)17-16-9-8-15(11-16)10-14-6-4-3-5-7-14/h3-7,13,15-17H,8-12H2,1-2H3/t13-,15+,16-,19+/m1/s1. The lowest BCUT2D eigenvalue weighted by Crippen LogP contribution is -2.38. The molecule has 3 heteroatoms. The zero-order valence-electron chi connectivity index (χ0n) is 12.0. The van der Waals surface area contributed by atoms with E-state index in [2.05, 4.69) is 42.6 Å². The number of hydrogen-bond donors (Lipinski definition) is 1. The Labute approximate surface area is 119 Å². The Morgan fingerprint density at radius 3 is 2.74 bits per heavy atom. The molecule has 2 nitrogen and oxygen atoms in total. The van der Waals surface area contributed by atoms with Crippen LogP contribution in [-0.4, -0.2) is 28.3 Å². The van der Waals surface area contributed by atoms with E-state index in [1.54, 1.807) is 6.26 Å². The topological polar surface area (TPSA) is 29.1 Å². The largest absolute Gasteiger partial charge is 0.311 e. The zero-order chi connectivity index (χ0) is 13.7. The molecule has 1 aliphatic carbocycles. The van der Waals surface area contributed by atoms with Gasteiger partial charge in [0.15, 0.2) is 0 Å². The lowest BCUT2D eigenvalue weighted by Gasteiger charge is -2.18. The normalized spacial score (nSPS) is 26.2. The third-order valence-corrected chi connectivity index (χ3v) is 4.88. The van der Waals surface area contributed by atoms with Crippen LogP contribution in [0.5, 0.6) is 0 Å². The van der Waals surface area contributed by atoms with Gasteiger partial charge in [-0.25, -0.2) is 0 Å². The van der Waals surface area contributed by atoms with Gasteiger partial charge in [-0.2, -0.15) is 0 Å². The first-order valence-electron chi connectivity index (χ1n) is 7.23. The van der Waals surface area contributed by atoms with Crippen molar-refractivity contribution in [2.24, 2.45) is 5.92 Å². The Balaban J connectivity index is 1.75. The monoisotopic (exact) mass is 279 g/mol. The summed E-state index contributed by atoms with van der Waals surface area (Å²) in [6, 6.07) is 11.8. The van der Waals surface area contributed by atoms with Crippen LogP contribution in [-0.2, 0) is 17.2 Å². The molecule has 0 radical (unpaired) electrons. The van der Waals surface area contributed by atoms with E-state index >= 15 is 0 Å². The second-order valence-electron chi connectivity index (χ2n) is 5.87. The molecule has 0 unspecified atom stereocenters. The molecule has 0 heterocycles. The first-order chi connectivity index (χ1) is 9.13. The molecule has 1 aromatic rings. The van der Waals surface area contributed by atoms with Gasteiger partial charge >= 0.3 is 0 Å². The summed E-state index contributed by atoms with van der Waals surface area (Å²) in [6.45, 7) is 2.14. The van der Waals surface area contributed by atoms with Crippen molar-refractivity contribution < 1.29 is 4.21 Å². The summed E-state index contributed by atoms with van der Waals surface area (Å²) in [5, 5.41) is 3.63. The highest BCUT2D eigenvalue weighted by Crippen LogP contribution is 2.28. The summed E-state index contributed by atoms with van der Waals surface area (Å²) in [4.78, 5) is 0. The molecule has 1 fully saturated rings. The van der Waals surface area contributed by atoms with Crippen molar-refractivity contribution in [3.8, 4) is 0 Å². The number of rotatable bonds is 6. The molecule has 19 heavy (non-hydrogen) atoms. The first-order valence-corrected chi connectivity index (χ1v) is 8.96. The molecular weight excluding hydrogens is 254 g/mol. The third kappa shape index (κ3) is 5.07. The molecule has 1 aliphatic rings. The molecule has 4 atom stereocenters. The molecule has 0 saturated heterocycles. The number of hydrogen-bond acceptors (Lipinski definition) is 2. The molecule has 0 amide bonds. The predicted octanol–water partition coefficient (Wildman–Crippen LogP) is 2.75. The molecule has 106 valence electrons. The van der Waals surface area contributed by atoms with E-state index in [-0.39, 0.29) is 0 Å². The van der Waals surface area contributed by atoms with Crippen molar-refractivity contribution in [1.29, 1.82) is 0 Å². The maximum atomic E-state index is 11.2. The maximum Gasteiger partial charge on any atom is 0.0383 e. The molecule has 0 aromatic heterocycles. The van der Waals surface area contributed by atoms with Gasteiger partial charge in [-0.05, 0) is 44.1 Å². The van der Waals surface area contributed by atoms with Gasteiger partial charge in [-0.3, -0.25) is 4.21 Å². The van der Waals surface area contributed by atoms with Crippen LogP contribution in [0.2, 0.25) is 0 Å². The van der Waals surface area contributed by atoms with Crippen LogP contribution in [0.3, 0.4) is 0 Å². The predicted molar refractivity (Wildman–Crippen MR) is 82.8 cm³/mol. The van der Waals surface area contributed by atoms with Crippen LogP contribution in [0.15, 0.2) is 30.3 Å². The Morgan fingerprint density at radius 1 is 1.32 bits per heavy atom. The molecular formula is C16H25NOS. The fourth-order valence-electron chi connectivity index (χ4n) is 3.16. The fraction of sp³-hybridized carbons (Fsp3) is 0.625. The maximum absolute atomic E-state index is 11.2. The van der Waals surface area contributed by atoms with Crippen LogP contribution < -0.4 is 5.32 Å². The van der Waals surface area contributed by atoms with Gasteiger partial charge in [0.25, 0.3) is 0 Å². The van der Waals surface area contributed by atoms with Gasteiger partial charge in [0.1, 0.15) is 0 Å². The van der Waals surface area contributed by atoms with E-state index < -0.39 is 10.8 Å². The minimum absolute atomic E-state index is 0.367. The van der Waals surface area contributed by atoms with E-state index in [0.717, 1.165) is 11.7 Å². The van der Waals surface area contributed by atoms with Gasteiger partial charge in [0, 0.05) is 34.9 Å². The summed E-state index contributed by atoms with van der Waals surface area (Å²) in [7, 11) is -0.698. The van der Waals surface area contributed by atoms with Crippen LogP contribution in [0.1, 0.15) is 31.7 Å². The van der Waals surface area contributed by atoms with Gasteiger partial charge in [-0.15, -0.1) is 0 Å². The summed E-state index contributed by atoms with van der Waals surface area (Å²) >= 11 is 0. The van der Waals surface area contributed by atoms with E-state index in [1.165, 1.54) is 31.2 Å². The minimum atomic E-state index is -0.698. The Bertz CT molecular complexity index is 406. The molecule has 2 rings (SSSR count). The quantitative estimate of drug-likeness (QED) is 0.867. The van der Waals surface area contributed by atoms with E-state index in [0.29, 0.717) is 12.1 Å². The van der Waals surface area contributed by atoms with E-state index in [4.69, 9.17) is 0 Å². The lowest BCUT2D eigenvalue weighted by atomic mass is 9.98. The second-order valence-corrected chi connectivity index (χ2v) is 7.35. The summed E-state index contributed by atoms with van der Waals surface area (Å²) in [6.07, 6.45) is 6.82. The number of nitrogens with one attached hydrogen (secondary N) is 1. The average Bonchev–Trinajstić information content (AvgIpc) is 2.76. The molecule has 1 saturated carbocycles. The lowest BCUT2D eigenvalue weighted by molar-refractivity contribution is 0.450. The molecule has 1 N–H and O–H groups in total. The van der Waals surface area contributed by atoms with E-state index in [9.17, 15) is 4.21 Å². The van der Waals surface area contributed by atoms with Gasteiger partial charge in [0.2, 0.25) is 0 Å². The zero-order valence-corrected chi connectivity index (χ0v) is 12.8. The Hall–Kier alpha value is -0.670. The highest BCUT2D eigenvalue weighted by Gasteiger charge is 2.25. The number of benzene rings is 1. The van der Waals surface area contributed by atoms with Gasteiger partial charge in [0.05, 0.1) is 0 Å². The van der Waals surface area contributed by atoms with Crippen molar-refractivity contribution in [2.75, 3.05) is 12.0 Å². The highest BCUT2D eigenvalue weighted by atomic mass is 32.2. The second kappa shape index (κ2) is 7.20. The van der Waals surface area contributed by atoms with E-state index in [1.807, 2.05) is 0 Å². The molecule has 0 spiro atoms. The van der Waals surface area contributed by atoms with Gasteiger partial charge < -0.3 is 5.32 Å². The van der Waals surface area contributed by atoms with Crippen molar-refractivity contribution in [2.45, 2.75) is 44.7 Å². The van der Waals surface area contributed by atoms with Crippen LogP contribution in [0.25, 0.3) is 0 Å². The first kappa shape index (κ1) is 14.7. The van der Waals surface area contributed by atoms with Crippen molar-refractivity contribution >= 4 is 10.8 Å².